The maximum Gasteiger partial charge on any atom is 0.185 e. The van der Waals surface area contributed by atoms with Gasteiger partial charge in [0.15, 0.2) is 5.96 Å². The Morgan fingerprint density at radius 3 is 2.05 bits per heavy atom. The van der Waals surface area contributed by atoms with E-state index >= 15 is 0 Å². The monoisotopic (exact) mass is 387 g/mol. The summed E-state index contributed by atoms with van der Waals surface area (Å²) < 4.78 is 0. The second kappa shape index (κ2) is 6.33. The van der Waals surface area contributed by atoms with Gasteiger partial charge in [-0.25, -0.2) is 0 Å². The van der Waals surface area contributed by atoms with E-state index in [0.29, 0.717) is 6.54 Å². The first-order chi connectivity index (χ1) is 8.83. The van der Waals surface area contributed by atoms with Crippen LogP contribution >= 0.6 is 24.0 Å². The van der Waals surface area contributed by atoms with E-state index in [1.54, 1.807) is 0 Å². The molecule has 0 heterocycles. The summed E-state index contributed by atoms with van der Waals surface area (Å²) in [7, 11) is 0. The fourth-order valence-corrected chi connectivity index (χ4v) is 2.71. The lowest BCUT2D eigenvalue weighted by Gasteiger charge is -2.41. The average molecular weight is 387 g/mol. The number of nitrogens with two attached hydrogens (primary N) is 2. The van der Waals surface area contributed by atoms with Crippen LogP contribution in [0.3, 0.4) is 0 Å². The van der Waals surface area contributed by atoms with Crippen molar-refractivity contribution in [2.24, 2.45) is 16.5 Å². The highest BCUT2D eigenvalue weighted by atomic mass is 127. The second-order valence-electron chi connectivity index (χ2n) is 6.70. The predicted molar refractivity (Wildman–Crippen MR) is 96.8 cm³/mol. The van der Waals surface area contributed by atoms with Gasteiger partial charge < -0.3 is 11.5 Å². The van der Waals surface area contributed by atoms with Crippen LogP contribution in [0.25, 0.3) is 0 Å². The molecule has 4 heteroatoms. The first-order valence-corrected chi connectivity index (χ1v) is 7.00. The number of hydrogen-bond acceptors (Lipinski definition) is 1. The number of hydrogen-bond donors (Lipinski definition) is 2. The van der Waals surface area contributed by atoms with Crippen molar-refractivity contribution >= 4 is 29.9 Å². The number of guanidine groups is 1. The van der Waals surface area contributed by atoms with E-state index in [1.165, 1.54) is 30.4 Å². The van der Waals surface area contributed by atoms with Gasteiger partial charge in [-0.15, -0.1) is 24.0 Å². The molecule has 0 spiro atoms. The fraction of sp³-hybridized carbons (Fsp3) is 0.562. The molecule has 0 bridgehead atoms. The van der Waals surface area contributed by atoms with Crippen LogP contribution < -0.4 is 11.5 Å². The summed E-state index contributed by atoms with van der Waals surface area (Å²) in [6.45, 7) is 7.42. The molecule has 20 heavy (non-hydrogen) atoms. The zero-order valence-corrected chi connectivity index (χ0v) is 15.0. The SMILES string of the molecule is CC(C)(C)c1ccc(C2(CN=C(N)N)CCC2)cc1.I. The first kappa shape index (κ1) is 17.3. The summed E-state index contributed by atoms with van der Waals surface area (Å²) in [5.74, 6) is 0.192. The summed E-state index contributed by atoms with van der Waals surface area (Å²) >= 11 is 0. The Bertz CT molecular complexity index is 463. The highest BCUT2D eigenvalue weighted by Crippen LogP contribution is 2.44. The van der Waals surface area contributed by atoms with Crippen molar-refractivity contribution in [2.45, 2.75) is 50.9 Å². The van der Waals surface area contributed by atoms with Crippen LogP contribution in [0.5, 0.6) is 0 Å². The molecule has 0 aliphatic heterocycles. The van der Waals surface area contributed by atoms with Crippen molar-refractivity contribution in [3.8, 4) is 0 Å². The lowest BCUT2D eigenvalue weighted by molar-refractivity contribution is 0.253. The number of benzene rings is 1. The minimum absolute atomic E-state index is 0. The maximum atomic E-state index is 5.47. The fourth-order valence-electron chi connectivity index (χ4n) is 2.71. The lowest BCUT2D eigenvalue weighted by atomic mass is 9.64. The second-order valence-corrected chi connectivity index (χ2v) is 6.70. The van der Waals surface area contributed by atoms with Crippen LogP contribution in [0.2, 0.25) is 0 Å². The summed E-state index contributed by atoms with van der Waals surface area (Å²) in [6, 6.07) is 8.99. The zero-order chi connectivity index (χ0) is 14.1. The third-order valence-electron chi connectivity index (χ3n) is 4.24. The minimum atomic E-state index is 0. The summed E-state index contributed by atoms with van der Waals surface area (Å²) in [6.07, 6.45) is 3.62. The quantitative estimate of drug-likeness (QED) is 0.475. The Hall–Kier alpha value is -0.780. The molecule has 0 atom stereocenters. The van der Waals surface area contributed by atoms with E-state index in [9.17, 15) is 0 Å². The Balaban J connectivity index is 0.00000200. The molecular weight excluding hydrogens is 361 g/mol. The maximum absolute atomic E-state index is 5.47. The van der Waals surface area contributed by atoms with Gasteiger partial charge in [0.05, 0.1) is 6.54 Å². The predicted octanol–water partition coefficient (Wildman–Crippen LogP) is 3.30. The molecule has 4 N–H and O–H groups in total. The van der Waals surface area contributed by atoms with E-state index in [-0.39, 0.29) is 40.8 Å². The van der Waals surface area contributed by atoms with Crippen LogP contribution in [-0.2, 0) is 10.8 Å². The van der Waals surface area contributed by atoms with Gasteiger partial charge in [0.25, 0.3) is 0 Å². The van der Waals surface area contributed by atoms with Gasteiger partial charge in [0, 0.05) is 5.41 Å². The van der Waals surface area contributed by atoms with Gasteiger partial charge in [-0.2, -0.15) is 0 Å². The van der Waals surface area contributed by atoms with Gasteiger partial charge >= 0.3 is 0 Å². The van der Waals surface area contributed by atoms with Gasteiger partial charge in [0.1, 0.15) is 0 Å². The Kier molecular flexibility index (Phi) is 5.46. The molecule has 1 aromatic carbocycles. The largest absolute Gasteiger partial charge is 0.370 e. The van der Waals surface area contributed by atoms with Crippen molar-refractivity contribution in [3.05, 3.63) is 35.4 Å². The average Bonchev–Trinajstić information content (AvgIpc) is 2.26. The van der Waals surface area contributed by atoms with Gasteiger partial charge in [-0.3, -0.25) is 4.99 Å². The molecule has 1 aromatic rings. The van der Waals surface area contributed by atoms with Crippen LogP contribution in [0.1, 0.15) is 51.2 Å². The van der Waals surface area contributed by atoms with Crippen molar-refractivity contribution in [1.29, 1.82) is 0 Å². The third kappa shape index (κ3) is 3.65. The number of aliphatic imine (C=N–C) groups is 1. The molecule has 112 valence electrons. The van der Waals surface area contributed by atoms with Crippen molar-refractivity contribution in [3.63, 3.8) is 0 Å². The molecular formula is C16H26IN3. The van der Waals surface area contributed by atoms with Crippen molar-refractivity contribution in [2.75, 3.05) is 6.54 Å². The smallest absolute Gasteiger partial charge is 0.185 e. The van der Waals surface area contributed by atoms with Crippen LogP contribution in [-0.4, -0.2) is 12.5 Å². The molecule has 1 aliphatic rings. The molecule has 3 nitrogen and oxygen atoms in total. The highest BCUT2D eigenvalue weighted by molar-refractivity contribution is 14.0. The van der Waals surface area contributed by atoms with E-state index in [2.05, 4.69) is 50.0 Å². The van der Waals surface area contributed by atoms with E-state index < -0.39 is 0 Å². The van der Waals surface area contributed by atoms with Crippen molar-refractivity contribution in [1.82, 2.24) is 0 Å². The summed E-state index contributed by atoms with van der Waals surface area (Å²) in [4.78, 5) is 4.24. The molecule has 0 radical (unpaired) electrons. The number of halogens is 1. The molecule has 1 saturated carbocycles. The van der Waals surface area contributed by atoms with Crippen molar-refractivity contribution < 1.29 is 0 Å². The molecule has 0 saturated heterocycles. The van der Waals surface area contributed by atoms with E-state index in [4.69, 9.17) is 11.5 Å². The lowest BCUT2D eigenvalue weighted by Crippen LogP contribution is -2.38. The van der Waals surface area contributed by atoms with Gasteiger partial charge in [0.2, 0.25) is 0 Å². The van der Waals surface area contributed by atoms with E-state index in [1.807, 2.05) is 0 Å². The molecule has 0 aromatic heterocycles. The van der Waals surface area contributed by atoms with Crippen LogP contribution in [0.15, 0.2) is 29.3 Å². The number of rotatable bonds is 3. The Labute approximate surface area is 139 Å². The van der Waals surface area contributed by atoms with E-state index in [0.717, 1.165) is 0 Å². The zero-order valence-electron chi connectivity index (χ0n) is 12.6. The topological polar surface area (TPSA) is 64.4 Å². The third-order valence-corrected chi connectivity index (χ3v) is 4.24. The van der Waals surface area contributed by atoms with Gasteiger partial charge in [-0.1, -0.05) is 51.5 Å². The molecule has 2 rings (SSSR count). The van der Waals surface area contributed by atoms with Crippen LogP contribution in [0.4, 0.5) is 0 Å². The molecule has 0 amide bonds. The Morgan fingerprint density at radius 1 is 1.15 bits per heavy atom. The highest BCUT2D eigenvalue weighted by Gasteiger charge is 2.38. The summed E-state index contributed by atoms with van der Waals surface area (Å²) in [5, 5.41) is 0. The Morgan fingerprint density at radius 2 is 1.70 bits per heavy atom. The molecule has 0 unspecified atom stereocenters. The van der Waals surface area contributed by atoms with Gasteiger partial charge in [-0.05, 0) is 29.4 Å². The molecule has 1 fully saturated rings. The standard InChI is InChI=1S/C16H25N3.HI/c1-15(2,3)12-5-7-13(8-6-12)16(9-4-10-16)11-19-14(17)18;/h5-8H,4,9-11H2,1-3H3,(H4,17,18,19);1H. The minimum Gasteiger partial charge on any atom is -0.370 e. The first-order valence-electron chi connectivity index (χ1n) is 7.00. The molecule has 1 aliphatic carbocycles. The van der Waals surface area contributed by atoms with Crippen LogP contribution in [0, 0.1) is 0 Å². The summed E-state index contributed by atoms with van der Waals surface area (Å²) in [5.41, 5.74) is 14.0. The number of nitrogens with zero attached hydrogens (tertiary/aromatic N) is 1. The normalized spacial score (nSPS) is 16.8.